The van der Waals surface area contributed by atoms with E-state index in [4.69, 9.17) is 23.2 Å². The van der Waals surface area contributed by atoms with Crippen LogP contribution in [0.2, 0.25) is 10.0 Å². The fraction of sp³-hybridized carbons (Fsp3) is 0.250. The molecule has 1 atom stereocenters. The van der Waals surface area contributed by atoms with Crippen LogP contribution < -0.4 is 5.32 Å². The summed E-state index contributed by atoms with van der Waals surface area (Å²) < 4.78 is 0. The van der Waals surface area contributed by atoms with Crippen LogP contribution >= 0.6 is 23.2 Å². The SMILES string of the molecule is CCc1cccc2c1NC(c1cc(Cl)ccc1Cl)C2. The van der Waals surface area contributed by atoms with Gasteiger partial charge in [-0.2, -0.15) is 0 Å². The Morgan fingerprint density at radius 2 is 2.05 bits per heavy atom. The first-order valence-electron chi connectivity index (χ1n) is 6.51. The van der Waals surface area contributed by atoms with E-state index in [9.17, 15) is 0 Å². The molecular formula is C16H15Cl2N. The van der Waals surface area contributed by atoms with Gasteiger partial charge in [0.05, 0.1) is 6.04 Å². The van der Waals surface area contributed by atoms with E-state index in [0.717, 1.165) is 28.5 Å². The molecule has 3 rings (SSSR count). The van der Waals surface area contributed by atoms with Gasteiger partial charge in [-0.25, -0.2) is 0 Å². The van der Waals surface area contributed by atoms with Crippen molar-refractivity contribution in [2.45, 2.75) is 25.8 Å². The van der Waals surface area contributed by atoms with E-state index < -0.39 is 0 Å². The van der Waals surface area contributed by atoms with Gasteiger partial charge in [0.15, 0.2) is 0 Å². The van der Waals surface area contributed by atoms with Gasteiger partial charge in [0.1, 0.15) is 0 Å². The number of aryl methyl sites for hydroxylation is 1. The minimum atomic E-state index is 0.217. The highest BCUT2D eigenvalue weighted by atomic mass is 35.5. The lowest BCUT2D eigenvalue weighted by Crippen LogP contribution is -2.07. The predicted octanol–water partition coefficient (Wildman–Crippen LogP) is 5.27. The Kier molecular flexibility index (Phi) is 3.42. The van der Waals surface area contributed by atoms with Crippen molar-refractivity contribution in [3.05, 3.63) is 63.1 Å². The predicted molar refractivity (Wildman–Crippen MR) is 82.3 cm³/mol. The number of anilines is 1. The second-order valence-corrected chi connectivity index (χ2v) is 5.72. The third-order valence-corrected chi connectivity index (χ3v) is 4.27. The second kappa shape index (κ2) is 5.07. The molecule has 1 N–H and O–H groups in total. The van der Waals surface area contributed by atoms with Crippen LogP contribution in [0, 0.1) is 0 Å². The van der Waals surface area contributed by atoms with E-state index in [1.807, 2.05) is 18.2 Å². The van der Waals surface area contributed by atoms with Crippen molar-refractivity contribution in [3.8, 4) is 0 Å². The Hall–Kier alpha value is -1.18. The van der Waals surface area contributed by atoms with Crippen LogP contribution in [0.3, 0.4) is 0 Å². The summed E-state index contributed by atoms with van der Waals surface area (Å²) in [5.41, 5.74) is 5.07. The number of hydrogen-bond acceptors (Lipinski definition) is 1. The van der Waals surface area contributed by atoms with Gasteiger partial charge in [0.25, 0.3) is 0 Å². The monoisotopic (exact) mass is 291 g/mol. The first-order valence-corrected chi connectivity index (χ1v) is 7.27. The van der Waals surface area contributed by atoms with Crippen molar-refractivity contribution in [2.75, 3.05) is 5.32 Å². The topological polar surface area (TPSA) is 12.0 Å². The molecule has 3 heteroatoms. The molecule has 0 radical (unpaired) electrons. The van der Waals surface area contributed by atoms with Crippen molar-refractivity contribution in [1.29, 1.82) is 0 Å². The molecule has 0 bridgehead atoms. The Labute approximate surface area is 123 Å². The van der Waals surface area contributed by atoms with Crippen LogP contribution in [0.5, 0.6) is 0 Å². The van der Waals surface area contributed by atoms with Gasteiger partial charge in [-0.05, 0) is 47.7 Å². The highest BCUT2D eigenvalue weighted by Gasteiger charge is 2.25. The molecular weight excluding hydrogens is 277 g/mol. The molecule has 98 valence electrons. The number of para-hydroxylation sites is 1. The maximum atomic E-state index is 6.29. The largest absolute Gasteiger partial charge is 0.377 e. The summed E-state index contributed by atoms with van der Waals surface area (Å²) in [5.74, 6) is 0. The Balaban J connectivity index is 1.97. The molecule has 2 aromatic carbocycles. The summed E-state index contributed by atoms with van der Waals surface area (Å²) in [7, 11) is 0. The molecule has 0 saturated heterocycles. The zero-order chi connectivity index (χ0) is 13.4. The molecule has 1 heterocycles. The first-order chi connectivity index (χ1) is 9.19. The molecule has 0 aliphatic carbocycles. The molecule has 0 fully saturated rings. The summed E-state index contributed by atoms with van der Waals surface area (Å²) in [6.07, 6.45) is 2.00. The minimum absolute atomic E-state index is 0.217. The number of benzene rings is 2. The molecule has 0 aromatic heterocycles. The summed E-state index contributed by atoms with van der Waals surface area (Å²) in [6.45, 7) is 2.18. The fourth-order valence-electron chi connectivity index (χ4n) is 2.72. The van der Waals surface area contributed by atoms with E-state index in [1.165, 1.54) is 16.8 Å². The summed E-state index contributed by atoms with van der Waals surface area (Å²) >= 11 is 12.4. The van der Waals surface area contributed by atoms with Crippen molar-refractivity contribution >= 4 is 28.9 Å². The molecule has 0 saturated carbocycles. The van der Waals surface area contributed by atoms with Gasteiger partial charge in [0, 0.05) is 15.7 Å². The molecule has 1 aliphatic rings. The second-order valence-electron chi connectivity index (χ2n) is 4.87. The van der Waals surface area contributed by atoms with Gasteiger partial charge in [0.2, 0.25) is 0 Å². The van der Waals surface area contributed by atoms with Crippen LogP contribution in [0.25, 0.3) is 0 Å². The van der Waals surface area contributed by atoms with Crippen LogP contribution in [-0.2, 0) is 12.8 Å². The van der Waals surface area contributed by atoms with Crippen molar-refractivity contribution in [1.82, 2.24) is 0 Å². The molecule has 1 nitrogen and oxygen atoms in total. The van der Waals surface area contributed by atoms with Crippen LogP contribution in [0.15, 0.2) is 36.4 Å². The Morgan fingerprint density at radius 3 is 2.84 bits per heavy atom. The zero-order valence-corrected chi connectivity index (χ0v) is 12.2. The van der Waals surface area contributed by atoms with Crippen LogP contribution in [0.1, 0.15) is 29.7 Å². The smallest absolute Gasteiger partial charge is 0.0570 e. The lowest BCUT2D eigenvalue weighted by molar-refractivity contribution is 0.824. The highest BCUT2D eigenvalue weighted by Crippen LogP contribution is 2.39. The van der Waals surface area contributed by atoms with E-state index in [0.29, 0.717) is 0 Å². The number of fused-ring (bicyclic) bond motifs is 1. The van der Waals surface area contributed by atoms with Gasteiger partial charge in [-0.15, -0.1) is 0 Å². The van der Waals surface area contributed by atoms with Crippen molar-refractivity contribution < 1.29 is 0 Å². The van der Waals surface area contributed by atoms with Gasteiger partial charge in [-0.3, -0.25) is 0 Å². The van der Waals surface area contributed by atoms with Crippen LogP contribution in [0.4, 0.5) is 5.69 Å². The average molecular weight is 292 g/mol. The third kappa shape index (κ3) is 2.33. The standard InChI is InChI=1S/C16H15Cl2N/c1-2-10-4-3-5-11-8-15(19-16(10)11)13-9-12(17)6-7-14(13)18/h3-7,9,15,19H,2,8H2,1H3. The number of nitrogens with one attached hydrogen (secondary N) is 1. The van der Waals surface area contributed by atoms with E-state index >= 15 is 0 Å². The first kappa shape index (κ1) is 12.8. The molecule has 19 heavy (non-hydrogen) atoms. The highest BCUT2D eigenvalue weighted by molar-refractivity contribution is 6.33. The fourth-order valence-corrected chi connectivity index (χ4v) is 3.15. The van der Waals surface area contributed by atoms with Crippen LogP contribution in [-0.4, -0.2) is 0 Å². The Morgan fingerprint density at radius 1 is 1.21 bits per heavy atom. The van der Waals surface area contributed by atoms with E-state index in [2.05, 4.69) is 30.4 Å². The number of halogens is 2. The molecule has 0 spiro atoms. The van der Waals surface area contributed by atoms with E-state index in [1.54, 1.807) is 0 Å². The molecule has 2 aromatic rings. The quantitative estimate of drug-likeness (QED) is 0.795. The van der Waals surface area contributed by atoms with Gasteiger partial charge >= 0.3 is 0 Å². The third-order valence-electron chi connectivity index (χ3n) is 3.69. The maximum Gasteiger partial charge on any atom is 0.0570 e. The Bertz CT molecular complexity index is 622. The van der Waals surface area contributed by atoms with Gasteiger partial charge < -0.3 is 5.32 Å². The maximum absolute atomic E-state index is 6.29. The average Bonchev–Trinajstić information content (AvgIpc) is 2.85. The van der Waals surface area contributed by atoms with E-state index in [-0.39, 0.29) is 6.04 Å². The molecule has 1 aliphatic heterocycles. The zero-order valence-electron chi connectivity index (χ0n) is 10.7. The number of hydrogen-bond donors (Lipinski definition) is 1. The summed E-state index contributed by atoms with van der Waals surface area (Å²) in [4.78, 5) is 0. The molecule has 0 amide bonds. The van der Waals surface area contributed by atoms with Crippen molar-refractivity contribution in [2.24, 2.45) is 0 Å². The lowest BCUT2D eigenvalue weighted by Gasteiger charge is -2.15. The molecule has 1 unspecified atom stereocenters. The van der Waals surface area contributed by atoms with Gasteiger partial charge in [-0.1, -0.05) is 48.3 Å². The summed E-state index contributed by atoms with van der Waals surface area (Å²) in [5, 5.41) is 5.10. The van der Waals surface area contributed by atoms with Crippen molar-refractivity contribution in [3.63, 3.8) is 0 Å². The minimum Gasteiger partial charge on any atom is -0.377 e. The summed E-state index contributed by atoms with van der Waals surface area (Å²) in [6, 6.07) is 12.3. The normalized spacial score (nSPS) is 17.1. The lowest BCUT2D eigenvalue weighted by atomic mass is 10.0. The number of rotatable bonds is 2.